The first-order valence-corrected chi connectivity index (χ1v) is 5.54. The standard InChI is InChI=1S/C8H10N2S2/c1-8(2)10-7(4-12-8)6-3-11-5-9-6/h3-5,10H,1-2H3. The zero-order valence-electron chi connectivity index (χ0n) is 7.00. The summed E-state index contributed by atoms with van der Waals surface area (Å²) in [7, 11) is 0. The van der Waals surface area contributed by atoms with E-state index in [0.29, 0.717) is 0 Å². The van der Waals surface area contributed by atoms with Crippen molar-refractivity contribution in [2.45, 2.75) is 18.7 Å². The molecule has 1 aliphatic heterocycles. The number of nitrogens with zero attached hydrogens (tertiary/aromatic N) is 1. The van der Waals surface area contributed by atoms with Crippen molar-refractivity contribution in [2.24, 2.45) is 0 Å². The third kappa shape index (κ3) is 1.49. The van der Waals surface area contributed by atoms with Crippen LogP contribution in [-0.4, -0.2) is 9.85 Å². The quantitative estimate of drug-likeness (QED) is 0.750. The summed E-state index contributed by atoms with van der Waals surface area (Å²) in [6.45, 7) is 4.32. The van der Waals surface area contributed by atoms with Crippen LogP contribution in [0.25, 0.3) is 5.70 Å². The van der Waals surface area contributed by atoms with E-state index in [2.05, 4.69) is 34.9 Å². The Labute approximate surface area is 80.1 Å². The van der Waals surface area contributed by atoms with Gasteiger partial charge in [0.25, 0.3) is 0 Å². The largest absolute Gasteiger partial charge is 0.369 e. The lowest BCUT2D eigenvalue weighted by atomic mass is 10.3. The first-order chi connectivity index (χ1) is 5.67. The highest BCUT2D eigenvalue weighted by atomic mass is 32.2. The van der Waals surface area contributed by atoms with Crippen molar-refractivity contribution in [1.82, 2.24) is 10.3 Å². The van der Waals surface area contributed by atoms with Crippen LogP contribution in [0.5, 0.6) is 0 Å². The second kappa shape index (κ2) is 2.78. The van der Waals surface area contributed by atoms with Gasteiger partial charge in [-0.3, -0.25) is 0 Å². The van der Waals surface area contributed by atoms with Crippen LogP contribution in [-0.2, 0) is 0 Å². The summed E-state index contributed by atoms with van der Waals surface area (Å²) in [4.78, 5) is 4.36. The lowest BCUT2D eigenvalue weighted by Gasteiger charge is -2.18. The van der Waals surface area contributed by atoms with E-state index in [1.165, 1.54) is 0 Å². The van der Waals surface area contributed by atoms with E-state index in [1.54, 1.807) is 23.1 Å². The first kappa shape index (κ1) is 8.13. The smallest absolute Gasteiger partial charge is 0.0975 e. The third-order valence-electron chi connectivity index (χ3n) is 1.62. The molecule has 1 N–H and O–H groups in total. The van der Waals surface area contributed by atoms with Crippen molar-refractivity contribution < 1.29 is 0 Å². The van der Waals surface area contributed by atoms with Crippen molar-refractivity contribution >= 4 is 28.8 Å². The van der Waals surface area contributed by atoms with Gasteiger partial charge in [-0.2, -0.15) is 0 Å². The fourth-order valence-corrected chi connectivity index (χ4v) is 2.37. The molecule has 0 amide bonds. The Kier molecular flexibility index (Phi) is 1.88. The van der Waals surface area contributed by atoms with E-state index >= 15 is 0 Å². The average Bonchev–Trinajstić information content (AvgIpc) is 2.55. The molecule has 0 atom stereocenters. The molecule has 0 aromatic carbocycles. The predicted octanol–water partition coefficient (Wildman–Crippen LogP) is 2.51. The van der Waals surface area contributed by atoms with Gasteiger partial charge in [0, 0.05) is 5.38 Å². The summed E-state index contributed by atoms with van der Waals surface area (Å²) in [5, 5.41) is 7.59. The van der Waals surface area contributed by atoms with Gasteiger partial charge in [0.2, 0.25) is 0 Å². The number of hydrogen-bond donors (Lipinski definition) is 1. The molecule has 0 saturated carbocycles. The summed E-state index contributed by atoms with van der Waals surface area (Å²) >= 11 is 3.42. The van der Waals surface area contributed by atoms with Gasteiger partial charge in [0.15, 0.2) is 0 Å². The van der Waals surface area contributed by atoms with Gasteiger partial charge in [-0.05, 0) is 19.3 Å². The van der Waals surface area contributed by atoms with Crippen LogP contribution < -0.4 is 5.32 Å². The van der Waals surface area contributed by atoms with Crippen molar-refractivity contribution in [2.75, 3.05) is 0 Å². The van der Waals surface area contributed by atoms with Crippen LogP contribution >= 0.6 is 23.1 Å². The van der Waals surface area contributed by atoms with Crippen LogP contribution in [0.15, 0.2) is 16.3 Å². The van der Waals surface area contributed by atoms with Crippen LogP contribution in [0.2, 0.25) is 0 Å². The van der Waals surface area contributed by atoms with Crippen molar-refractivity contribution in [3.05, 3.63) is 22.0 Å². The summed E-state index contributed by atoms with van der Waals surface area (Å²) in [6, 6.07) is 0. The van der Waals surface area contributed by atoms with E-state index in [4.69, 9.17) is 0 Å². The van der Waals surface area contributed by atoms with Crippen LogP contribution in [0, 0.1) is 0 Å². The van der Waals surface area contributed by atoms with Gasteiger partial charge in [0.05, 0.1) is 21.8 Å². The van der Waals surface area contributed by atoms with Crippen molar-refractivity contribution in [3.8, 4) is 0 Å². The number of rotatable bonds is 1. The Bertz CT molecular complexity index is 301. The highest BCUT2D eigenvalue weighted by molar-refractivity contribution is 8.03. The topological polar surface area (TPSA) is 24.9 Å². The minimum Gasteiger partial charge on any atom is -0.369 e. The highest BCUT2D eigenvalue weighted by Gasteiger charge is 2.25. The first-order valence-electron chi connectivity index (χ1n) is 3.72. The van der Waals surface area contributed by atoms with Gasteiger partial charge in [-0.25, -0.2) is 4.98 Å². The van der Waals surface area contributed by atoms with E-state index in [-0.39, 0.29) is 4.87 Å². The molecule has 1 aromatic rings. The summed E-state index contributed by atoms with van der Waals surface area (Å²) in [5.41, 5.74) is 4.05. The predicted molar refractivity (Wildman–Crippen MR) is 54.9 cm³/mol. The summed E-state index contributed by atoms with van der Waals surface area (Å²) < 4.78 is 0. The van der Waals surface area contributed by atoms with Crippen LogP contribution in [0.4, 0.5) is 0 Å². The SMILES string of the molecule is CC1(C)NC(c2cscn2)=CS1. The van der Waals surface area contributed by atoms with Gasteiger partial charge in [-0.1, -0.05) is 0 Å². The molecule has 2 heterocycles. The Morgan fingerprint density at radius 3 is 2.83 bits per heavy atom. The number of hydrogen-bond acceptors (Lipinski definition) is 4. The maximum absolute atomic E-state index is 4.24. The molecule has 2 nitrogen and oxygen atoms in total. The maximum atomic E-state index is 4.24. The molecular formula is C8H10N2S2. The molecule has 0 saturated heterocycles. The highest BCUT2D eigenvalue weighted by Crippen LogP contribution is 2.34. The molecule has 2 rings (SSSR count). The van der Waals surface area contributed by atoms with Gasteiger partial charge in [-0.15, -0.1) is 23.1 Å². The minimum absolute atomic E-state index is 0.124. The summed E-state index contributed by atoms with van der Waals surface area (Å²) in [6.07, 6.45) is 0. The molecule has 0 bridgehead atoms. The minimum atomic E-state index is 0.124. The number of thioether (sulfide) groups is 1. The van der Waals surface area contributed by atoms with E-state index in [9.17, 15) is 0 Å². The molecule has 12 heavy (non-hydrogen) atoms. The monoisotopic (exact) mass is 198 g/mol. The lowest BCUT2D eigenvalue weighted by Crippen LogP contribution is -2.29. The van der Waals surface area contributed by atoms with E-state index in [0.717, 1.165) is 11.4 Å². The third-order valence-corrected chi connectivity index (χ3v) is 3.25. The van der Waals surface area contributed by atoms with Crippen LogP contribution in [0.1, 0.15) is 19.5 Å². The molecular weight excluding hydrogens is 188 g/mol. The molecule has 0 aliphatic carbocycles. The zero-order valence-corrected chi connectivity index (χ0v) is 8.63. The molecule has 0 radical (unpaired) electrons. The summed E-state index contributed by atoms with van der Waals surface area (Å²) in [5.74, 6) is 0. The number of nitrogens with one attached hydrogen (secondary N) is 1. The fourth-order valence-electron chi connectivity index (χ4n) is 1.06. The van der Waals surface area contributed by atoms with Gasteiger partial charge >= 0.3 is 0 Å². The number of thiazole rings is 1. The Balaban J connectivity index is 2.20. The average molecular weight is 198 g/mol. The second-order valence-corrected chi connectivity index (χ2v) is 5.37. The molecule has 0 spiro atoms. The molecule has 0 fully saturated rings. The van der Waals surface area contributed by atoms with Crippen molar-refractivity contribution in [1.29, 1.82) is 0 Å². The molecule has 4 heteroatoms. The Morgan fingerprint density at radius 2 is 2.33 bits per heavy atom. The normalized spacial score (nSPS) is 20.3. The second-order valence-electron chi connectivity index (χ2n) is 3.16. The molecule has 0 unspecified atom stereocenters. The fraction of sp³-hybridized carbons (Fsp3) is 0.375. The van der Waals surface area contributed by atoms with E-state index < -0.39 is 0 Å². The maximum Gasteiger partial charge on any atom is 0.0975 e. The van der Waals surface area contributed by atoms with Crippen molar-refractivity contribution in [3.63, 3.8) is 0 Å². The van der Waals surface area contributed by atoms with Gasteiger partial charge in [0.1, 0.15) is 0 Å². The Hall–Kier alpha value is -0.480. The zero-order chi connectivity index (χ0) is 8.60. The number of aromatic nitrogens is 1. The lowest BCUT2D eigenvalue weighted by molar-refractivity contribution is 0.664. The van der Waals surface area contributed by atoms with Gasteiger partial charge < -0.3 is 5.32 Å². The Morgan fingerprint density at radius 1 is 1.50 bits per heavy atom. The van der Waals surface area contributed by atoms with Crippen LogP contribution in [0.3, 0.4) is 0 Å². The van der Waals surface area contributed by atoms with E-state index in [1.807, 2.05) is 5.51 Å². The molecule has 1 aliphatic rings. The molecule has 1 aromatic heterocycles. The molecule has 64 valence electrons.